The molecule has 0 aromatic heterocycles. The first-order valence-corrected chi connectivity index (χ1v) is 6.23. The average molecular weight is 233 g/mol. The molecule has 0 bridgehead atoms. The Morgan fingerprint density at radius 3 is 2.35 bits per heavy atom. The van der Waals surface area contributed by atoms with Crippen LogP contribution < -0.4 is 5.73 Å². The molecule has 1 rings (SSSR count). The van der Waals surface area contributed by atoms with E-state index in [-0.39, 0.29) is 17.2 Å². The minimum atomic E-state index is -0.349. The van der Waals surface area contributed by atoms with Crippen molar-refractivity contribution in [2.45, 2.75) is 46.1 Å². The van der Waals surface area contributed by atoms with Gasteiger partial charge in [-0.05, 0) is 23.8 Å². The van der Waals surface area contributed by atoms with Crippen molar-refractivity contribution in [2.75, 3.05) is 0 Å². The summed E-state index contributed by atoms with van der Waals surface area (Å²) in [6, 6.07) is 9.89. The number of carbonyl (C=O) groups excluding carboxylic acids is 1. The summed E-state index contributed by atoms with van der Waals surface area (Å²) in [6.07, 6.45) is 2.41. The van der Waals surface area contributed by atoms with Crippen LogP contribution in [0.2, 0.25) is 0 Å². The molecule has 0 aliphatic heterocycles. The molecule has 2 N–H and O–H groups in total. The van der Waals surface area contributed by atoms with E-state index in [1.165, 1.54) is 5.56 Å². The molecular formula is C15H23NO. The van der Waals surface area contributed by atoms with Gasteiger partial charge in [0, 0.05) is 6.42 Å². The van der Waals surface area contributed by atoms with E-state index < -0.39 is 0 Å². The minimum Gasteiger partial charge on any atom is -0.321 e. The zero-order valence-corrected chi connectivity index (χ0v) is 11.1. The van der Waals surface area contributed by atoms with Crippen LogP contribution in [-0.2, 0) is 11.2 Å². The van der Waals surface area contributed by atoms with Crippen molar-refractivity contribution >= 4 is 5.78 Å². The summed E-state index contributed by atoms with van der Waals surface area (Å²) in [6.45, 7) is 6.02. The molecule has 0 fully saturated rings. The van der Waals surface area contributed by atoms with E-state index in [9.17, 15) is 4.79 Å². The van der Waals surface area contributed by atoms with Crippen LogP contribution in [0.1, 0.15) is 39.2 Å². The summed E-state index contributed by atoms with van der Waals surface area (Å²) >= 11 is 0. The molecule has 0 spiro atoms. The number of benzene rings is 1. The van der Waals surface area contributed by atoms with Crippen molar-refractivity contribution in [3.05, 3.63) is 35.9 Å². The third-order valence-corrected chi connectivity index (χ3v) is 3.01. The summed E-state index contributed by atoms with van der Waals surface area (Å²) in [4.78, 5) is 11.9. The van der Waals surface area contributed by atoms with Crippen LogP contribution >= 0.6 is 0 Å². The number of hydrogen-bond acceptors (Lipinski definition) is 2. The van der Waals surface area contributed by atoms with Gasteiger partial charge in [0.1, 0.15) is 5.78 Å². The average Bonchev–Trinajstić information content (AvgIpc) is 2.28. The normalized spacial score (nSPS) is 13.4. The fourth-order valence-corrected chi connectivity index (χ4v) is 1.75. The molecule has 1 aromatic rings. The molecule has 17 heavy (non-hydrogen) atoms. The molecule has 0 aliphatic carbocycles. The quantitative estimate of drug-likeness (QED) is 0.849. The van der Waals surface area contributed by atoms with E-state index >= 15 is 0 Å². The van der Waals surface area contributed by atoms with Crippen LogP contribution in [0.3, 0.4) is 0 Å². The highest BCUT2D eigenvalue weighted by Crippen LogP contribution is 2.19. The number of nitrogens with two attached hydrogens (primary N) is 1. The van der Waals surface area contributed by atoms with E-state index in [1.54, 1.807) is 0 Å². The Bertz CT molecular complexity index is 351. The number of aryl methyl sites for hydroxylation is 1. The number of rotatable bonds is 5. The second-order valence-corrected chi connectivity index (χ2v) is 5.65. The highest BCUT2D eigenvalue weighted by molar-refractivity contribution is 5.84. The topological polar surface area (TPSA) is 43.1 Å². The molecule has 94 valence electrons. The summed E-state index contributed by atoms with van der Waals surface area (Å²) in [5.41, 5.74) is 7.07. The van der Waals surface area contributed by atoms with Gasteiger partial charge in [-0.25, -0.2) is 0 Å². The maximum atomic E-state index is 11.9. The lowest BCUT2D eigenvalue weighted by molar-refractivity contribution is -0.122. The SMILES string of the molecule is CC(C)(C)C(N)C(=O)CCCc1ccccc1. The molecule has 1 unspecified atom stereocenters. The Labute approximate surface area is 104 Å². The van der Waals surface area contributed by atoms with Crippen LogP contribution in [0.4, 0.5) is 0 Å². The van der Waals surface area contributed by atoms with Crippen LogP contribution in [-0.4, -0.2) is 11.8 Å². The van der Waals surface area contributed by atoms with Gasteiger partial charge in [-0.2, -0.15) is 0 Å². The van der Waals surface area contributed by atoms with Gasteiger partial charge in [0.25, 0.3) is 0 Å². The first-order valence-electron chi connectivity index (χ1n) is 6.23. The first-order chi connectivity index (χ1) is 7.91. The predicted octanol–water partition coefficient (Wildman–Crippen LogP) is 2.95. The van der Waals surface area contributed by atoms with Gasteiger partial charge < -0.3 is 5.73 Å². The van der Waals surface area contributed by atoms with Gasteiger partial charge in [0.2, 0.25) is 0 Å². The van der Waals surface area contributed by atoms with E-state index in [4.69, 9.17) is 5.73 Å². The molecule has 2 nitrogen and oxygen atoms in total. The largest absolute Gasteiger partial charge is 0.321 e. The summed E-state index contributed by atoms with van der Waals surface area (Å²) in [5, 5.41) is 0. The number of hydrogen-bond donors (Lipinski definition) is 1. The van der Waals surface area contributed by atoms with Crippen molar-refractivity contribution in [3.63, 3.8) is 0 Å². The molecule has 0 heterocycles. The molecule has 0 aliphatic rings. The smallest absolute Gasteiger partial charge is 0.150 e. The summed E-state index contributed by atoms with van der Waals surface area (Å²) in [7, 11) is 0. The van der Waals surface area contributed by atoms with Crippen LogP contribution in [0, 0.1) is 5.41 Å². The van der Waals surface area contributed by atoms with Gasteiger partial charge in [0.15, 0.2) is 0 Å². The maximum absolute atomic E-state index is 11.9. The van der Waals surface area contributed by atoms with Crippen molar-refractivity contribution in [3.8, 4) is 0 Å². The van der Waals surface area contributed by atoms with Crippen molar-refractivity contribution in [2.24, 2.45) is 11.1 Å². The van der Waals surface area contributed by atoms with Crippen molar-refractivity contribution in [1.29, 1.82) is 0 Å². The Kier molecular flexibility index (Phi) is 4.88. The van der Waals surface area contributed by atoms with E-state index in [0.717, 1.165) is 12.8 Å². The molecule has 0 saturated carbocycles. The zero-order valence-electron chi connectivity index (χ0n) is 11.1. The van der Waals surface area contributed by atoms with E-state index in [1.807, 2.05) is 39.0 Å². The second kappa shape index (κ2) is 5.97. The van der Waals surface area contributed by atoms with E-state index in [0.29, 0.717) is 6.42 Å². The maximum Gasteiger partial charge on any atom is 0.150 e. The van der Waals surface area contributed by atoms with Gasteiger partial charge >= 0.3 is 0 Å². The Hall–Kier alpha value is -1.15. The van der Waals surface area contributed by atoms with Crippen molar-refractivity contribution < 1.29 is 4.79 Å². The van der Waals surface area contributed by atoms with E-state index in [2.05, 4.69) is 12.1 Å². The van der Waals surface area contributed by atoms with Crippen molar-refractivity contribution in [1.82, 2.24) is 0 Å². The Morgan fingerprint density at radius 2 is 1.82 bits per heavy atom. The lowest BCUT2D eigenvalue weighted by Crippen LogP contribution is -2.42. The fourth-order valence-electron chi connectivity index (χ4n) is 1.75. The Balaban J connectivity index is 2.35. The Morgan fingerprint density at radius 1 is 1.24 bits per heavy atom. The third kappa shape index (κ3) is 4.70. The zero-order chi connectivity index (χ0) is 12.9. The van der Waals surface area contributed by atoms with Gasteiger partial charge in [-0.1, -0.05) is 51.1 Å². The molecule has 0 saturated heterocycles. The van der Waals surface area contributed by atoms with Gasteiger partial charge in [0.05, 0.1) is 6.04 Å². The second-order valence-electron chi connectivity index (χ2n) is 5.65. The number of ketones is 1. The monoisotopic (exact) mass is 233 g/mol. The number of Topliss-reactive ketones (excluding diaryl/α,β-unsaturated/α-hetero) is 1. The molecule has 2 heteroatoms. The highest BCUT2D eigenvalue weighted by Gasteiger charge is 2.26. The van der Waals surface area contributed by atoms with Crippen LogP contribution in [0.15, 0.2) is 30.3 Å². The molecule has 0 amide bonds. The van der Waals surface area contributed by atoms with Crippen LogP contribution in [0.25, 0.3) is 0 Å². The molecule has 1 atom stereocenters. The summed E-state index contributed by atoms with van der Waals surface area (Å²) < 4.78 is 0. The predicted molar refractivity (Wildman–Crippen MR) is 71.8 cm³/mol. The number of carbonyl (C=O) groups is 1. The fraction of sp³-hybridized carbons (Fsp3) is 0.533. The molecule has 1 aromatic carbocycles. The molecular weight excluding hydrogens is 210 g/mol. The first kappa shape index (κ1) is 13.9. The minimum absolute atomic E-state index is 0.135. The van der Waals surface area contributed by atoms with Crippen LogP contribution in [0.5, 0.6) is 0 Å². The lowest BCUT2D eigenvalue weighted by atomic mass is 9.83. The van der Waals surface area contributed by atoms with Gasteiger partial charge in [-0.3, -0.25) is 4.79 Å². The standard InChI is InChI=1S/C15H23NO/c1-15(2,3)14(16)13(17)11-7-10-12-8-5-4-6-9-12/h4-6,8-9,14H,7,10-11,16H2,1-3H3. The summed E-state index contributed by atoms with van der Waals surface area (Å²) in [5.74, 6) is 0.174. The lowest BCUT2D eigenvalue weighted by Gasteiger charge is -2.25. The molecule has 0 radical (unpaired) electrons. The van der Waals surface area contributed by atoms with Gasteiger partial charge in [-0.15, -0.1) is 0 Å². The third-order valence-electron chi connectivity index (χ3n) is 3.01. The highest BCUT2D eigenvalue weighted by atomic mass is 16.1.